The van der Waals surface area contributed by atoms with Crippen molar-refractivity contribution in [1.29, 1.82) is 0 Å². The molecule has 6 heteroatoms. The van der Waals surface area contributed by atoms with Crippen molar-refractivity contribution in [2.45, 2.75) is 11.6 Å². The highest BCUT2D eigenvalue weighted by molar-refractivity contribution is 7.84. The fourth-order valence-corrected chi connectivity index (χ4v) is 2.27. The minimum Gasteiger partial charge on any atom is -0.366 e. The summed E-state index contributed by atoms with van der Waals surface area (Å²) in [6.07, 6.45) is 0.744. The molecule has 1 heterocycles. The van der Waals surface area contributed by atoms with Gasteiger partial charge in [0, 0.05) is 5.75 Å². The smallest absolute Gasteiger partial charge is 0.240 e. The van der Waals surface area contributed by atoms with E-state index >= 15 is 0 Å². The van der Waals surface area contributed by atoms with Crippen LogP contribution in [0.2, 0.25) is 0 Å². The molecule has 1 aromatic heterocycles. The number of rotatable bonds is 4. The highest BCUT2D eigenvalue weighted by Crippen LogP contribution is 2.05. The van der Waals surface area contributed by atoms with Crippen molar-refractivity contribution in [3.8, 4) is 0 Å². The van der Waals surface area contributed by atoms with E-state index in [0.29, 0.717) is 10.9 Å². The number of aromatic amines is 1. The molecular formula is C10H12N4OS. The lowest BCUT2D eigenvalue weighted by molar-refractivity contribution is 0.675. The molecule has 0 aliphatic rings. The van der Waals surface area contributed by atoms with Gasteiger partial charge in [0.05, 0.1) is 10.8 Å². The van der Waals surface area contributed by atoms with Crippen molar-refractivity contribution in [1.82, 2.24) is 15.2 Å². The maximum absolute atomic E-state index is 11.8. The van der Waals surface area contributed by atoms with E-state index in [9.17, 15) is 4.21 Å². The minimum atomic E-state index is -1.17. The number of hydrogen-bond acceptors (Lipinski definition) is 4. The number of benzene rings is 1. The first-order valence-electron chi connectivity index (χ1n) is 4.86. The van der Waals surface area contributed by atoms with Gasteiger partial charge >= 0.3 is 0 Å². The largest absolute Gasteiger partial charge is 0.366 e. The number of anilines is 1. The molecule has 0 bridgehead atoms. The first-order chi connectivity index (χ1) is 7.75. The molecule has 1 aromatic carbocycles. The number of nitrogens with one attached hydrogen (secondary N) is 1. The predicted molar refractivity (Wildman–Crippen MR) is 62.2 cm³/mol. The third-order valence-corrected chi connectivity index (χ3v) is 3.31. The zero-order valence-corrected chi connectivity index (χ0v) is 9.41. The maximum Gasteiger partial charge on any atom is 0.240 e. The van der Waals surface area contributed by atoms with Crippen molar-refractivity contribution in [3.63, 3.8) is 0 Å². The summed E-state index contributed by atoms with van der Waals surface area (Å²) >= 11 is 0. The molecule has 1 unspecified atom stereocenters. The van der Waals surface area contributed by atoms with Crippen LogP contribution in [0.5, 0.6) is 0 Å². The molecule has 0 fully saturated rings. The van der Waals surface area contributed by atoms with Gasteiger partial charge in [-0.3, -0.25) is 9.31 Å². The lowest BCUT2D eigenvalue weighted by atomic mass is 10.2. The maximum atomic E-state index is 11.8. The first kappa shape index (κ1) is 10.8. The van der Waals surface area contributed by atoms with E-state index in [4.69, 9.17) is 5.73 Å². The van der Waals surface area contributed by atoms with Crippen molar-refractivity contribution in [3.05, 3.63) is 35.9 Å². The monoisotopic (exact) mass is 236 g/mol. The Kier molecular flexibility index (Phi) is 3.31. The van der Waals surface area contributed by atoms with Crippen LogP contribution in [-0.2, 0) is 17.2 Å². The highest BCUT2D eigenvalue weighted by atomic mass is 32.2. The molecule has 2 aromatic rings. The van der Waals surface area contributed by atoms with Crippen molar-refractivity contribution in [2.24, 2.45) is 0 Å². The van der Waals surface area contributed by atoms with Crippen molar-refractivity contribution in [2.75, 3.05) is 11.5 Å². The second-order valence-electron chi connectivity index (χ2n) is 3.28. The molecule has 0 saturated heterocycles. The fourth-order valence-electron chi connectivity index (χ4n) is 1.31. The van der Waals surface area contributed by atoms with Crippen LogP contribution in [0.15, 0.2) is 35.5 Å². The van der Waals surface area contributed by atoms with E-state index in [2.05, 4.69) is 15.2 Å². The Balaban J connectivity index is 1.94. The Hall–Kier alpha value is -1.69. The van der Waals surface area contributed by atoms with Crippen molar-refractivity contribution >= 4 is 16.7 Å². The normalized spacial score (nSPS) is 12.5. The highest BCUT2D eigenvalue weighted by Gasteiger charge is 2.08. The number of nitrogen functional groups attached to an aromatic ring is 1. The van der Waals surface area contributed by atoms with Crippen LogP contribution >= 0.6 is 0 Å². The molecule has 2 rings (SSSR count). The van der Waals surface area contributed by atoms with Crippen LogP contribution in [0, 0.1) is 0 Å². The van der Waals surface area contributed by atoms with Gasteiger partial charge in [0.15, 0.2) is 0 Å². The van der Waals surface area contributed by atoms with Gasteiger partial charge in [0.1, 0.15) is 0 Å². The van der Waals surface area contributed by atoms with Gasteiger partial charge in [-0.1, -0.05) is 30.3 Å². The standard InChI is InChI=1S/C10H12N4OS/c11-9-12-10(14-13-9)16(15)7-6-8-4-2-1-3-5-8/h1-5H,6-7H2,(H3,11,12,13,14). The molecule has 84 valence electrons. The number of nitrogens with zero attached hydrogens (tertiary/aromatic N) is 2. The Morgan fingerprint density at radius 1 is 1.31 bits per heavy atom. The summed E-state index contributed by atoms with van der Waals surface area (Å²) in [7, 11) is -1.17. The second kappa shape index (κ2) is 4.89. The molecule has 0 aliphatic heterocycles. The summed E-state index contributed by atoms with van der Waals surface area (Å²) in [5.74, 6) is 0.640. The number of nitrogens with two attached hydrogens (primary N) is 1. The lowest BCUT2D eigenvalue weighted by Gasteiger charge is -1.99. The number of H-pyrrole nitrogens is 1. The summed E-state index contributed by atoms with van der Waals surface area (Å²) in [6.45, 7) is 0. The Morgan fingerprint density at radius 2 is 2.06 bits per heavy atom. The molecule has 0 amide bonds. The molecular weight excluding hydrogens is 224 g/mol. The second-order valence-corrected chi connectivity index (χ2v) is 4.77. The number of hydrogen-bond donors (Lipinski definition) is 2. The van der Waals surface area contributed by atoms with Gasteiger partial charge in [-0.25, -0.2) is 0 Å². The summed E-state index contributed by atoms with van der Waals surface area (Å²) in [5, 5.41) is 6.54. The van der Waals surface area contributed by atoms with Crippen LogP contribution < -0.4 is 5.73 Å². The molecule has 5 nitrogen and oxygen atoms in total. The van der Waals surface area contributed by atoms with Crippen molar-refractivity contribution < 1.29 is 4.21 Å². The Morgan fingerprint density at radius 3 is 2.69 bits per heavy atom. The Labute approximate surface area is 95.5 Å². The van der Waals surface area contributed by atoms with Crippen LogP contribution in [0.3, 0.4) is 0 Å². The topological polar surface area (TPSA) is 84.7 Å². The van der Waals surface area contributed by atoms with E-state index in [1.807, 2.05) is 30.3 Å². The van der Waals surface area contributed by atoms with E-state index in [-0.39, 0.29) is 5.95 Å². The molecule has 0 spiro atoms. The molecule has 0 saturated carbocycles. The minimum absolute atomic E-state index is 0.128. The molecule has 1 atom stereocenters. The van der Waals surface area contributed by atoms with E-state index in [1.165, 1.54) is 0 Å². The number of aromatic nitrogens is 3. The first-order valence-corrected chi connectivity index (χ1v) is 6.18. The van der Waals surface area contributed by atoms with E-state index in [0.717, 1.165) is 12.0 Å². The number of aryl methyl sites for hydroxylation is 1. The summed E-state index contributed by atoms with van der Waals surface area (Å²) in [4.78, 5) is 3.83. The van der Waals surface area contributed by atoms with Crippen LogP contribution in [0.1, 0.15) is 5.56 Å². The zero-order valence-electron chi connectivity index (χ0n) is 8.59. The van der Waals surface area contributed by atoms with Gasteiger partial charge in [0.25, 0.3) is 0 Å². The van der Waals surface area contributed by atoms with Crippen LogP contribution in [0.25, 0.3) is 0 Å². The van der Waals surface area contributed by atoms with E-state index in [1.54, 1.807) is 0 Å². The van der Waals surface area contributed by atoms with Gasteiger partial charge in [-0.15, -0.1) is 5.10 Å². The Bertz CT molecular complexity index is 483. The lowest BCUT2D eigenvalue weighted by Crippen LogP contribution is -2.03. The molecule has 16 heavy (non-hydrogen) atoms. The summed E-state index contributed by atoms with van der Waals surface area (Å²) in [6, 6.07) is 9.89. The molecule has 0 radical (unpaired) electrons. The zero-order chi connectivity index (χ0) is 11.4. The molecule has 3 N–H and O–H groups in total. The van der Waals surface area contributed by atoms with Gasteiger partial charge in [-0.2, -0.15) is 4.98 Å². The summed E-state index contributed by atoms with van der Waals surface area (Å²) < 4.78 is 11.8. The van der Waals surface area contributed by atoms with Crippen LogP contribution in [-0.4, -0.2) is 25.1 Å². The molecule has 0 aliphatic carbocycles. The predicted octanol–water partition coefficient (Wildman–Crippen LogP) is 0.737. The van der Waals surface area contributed by atoms with Gasteiger partial charge in [-0.05, 0) is 12.0 Å². The van der Waals surface area contributed by atoms with Crippen LogP contribution in [0.4, 0.5) is 5.95 Å². The summed E-state index contributed by atoms with van der Waals surface area (Å²) in [5.41, 5.74) is 6.49. The fraction of sp³-hybridized carbons (Fsp3) is 0.200. The SMILES string of the molecule is Nc1n[nH]c(S(=O)CCc2ccccc2)n1. The van der Waals surface area contributed by atoms with Gasteiger partial charge < -0.3 is 5.73 Å². The quantitative estimate of drug-likeness (QED) is 0.819. The van der Waals surface area contributed by atoms with Gasteiger partial charge in [0.2, 0.25) is 11.1 Å². The third kappa shape index (κ3) is 2.66. The average Bonchev–Trinajstić information content (AvgIpc) is 2.74. The average molecular weight is 236 g/mol. The van der Waals surface area contributed by atoms with E-state index < -0.39 is 10.8 Å². The third-order valence-electron chi connectivity index (χ3n) is 2.12.